The number of hydrogen-bond acceptors (Lipinski definition) is 7. The molecule has 0 N–H and O–H groups in total. The highest BCUT2D eigenvalue weighted by atomic mass is 32.1. The molecule has 0 radical (unpaired) electrons. The van der Waals surface area contributed by atoms with Crippen molar-refractivity contribution in [3.63, 3.8) is 0 Å². The predicted octanol–water partition coefficient (Wildman–Crippen LogP) is 2.46. The quantitative estimate of drug-likeness (QED) is 0.711. The van der Waals surface area contributed by atoms with Crippen LogP contribution in [0.4, 0.5) is 5.69 Å². The highest BCUT2D eigenvalue weighted by Crippen LogP contribution is 2.31. The van der Waals surface area contributed by atoms with Crippen molar-refractivity contribution in [3.05, 3.63) is 34.4 Å². The number of anilines is 1. The molecule has 3 aromatic rings. The summed E-state index contributed by atoms with van der Waals surface area (Å²) < 4.78 is 7.67. The number of fused-ring (bicyclic) bond motifs is 1. The van der Waals surface area contributed by atoms with E-state index in [0.29, 0.717) is 6.61 Å². The lowest BCUT2D eigenvalue weighted by atomic mass is 9.93. The van der Waals surface area contributed by atoms with Crippen LogP contribution >= 0.6 is 11.3 Å². The third-order valence-corrected chi connectivity index (χ3v) is 5.11. The maximum absolute atomic E-state index is 5.97. The molecule has 0 bridgehead atoms. The summed E-state index contributed by atoms with van der Waals surface area (Å²) in [4.78, 5) is 7.10. The number of ether oxygens (including phenoxy) is 1. The highest BCUT2D eigenvalue weighted by molar-refractivity contribution is 7.09. The molecule has 4 rings (SSSR count). The minimum absolute atomic E-state index is 0.00409. The fourth-order valence-corrected chi connectivity index (χ4v) is 3.81. The van der Waals surface area contributed by atoms with Gasteiger partial charge in [-0.3, -0.25) is 0 Å². The summed E-state index contributed by atoms with van der Waals surface area (Å²) in [5.41, 5.74) is 3.03. The Morgan fingerprint density at radius 2 is 2.17 bits per heavy atom. The topological polar surface area (TPSA) is 68.4 Å². The van der Waals surface area contributed by atoms with Gasteiger partial charge in [0.2, 0.25) is 0 Å². The first-order valence-electron chi connectivity index (χ1n) is 8.01. The molecule has 1 atom stereocenters. The Morgan fingerprint density at radius 1 is 1.29 bits per heavy atom. The maximum atomic E-state index is 5.97. The largest absolute Gasteiger partial charge is 0.367 e. The minimum Gasteiger partial charge on any atom is -0.367 e. The van der Waals surface area contributed by atoms with E-state index in [1.165, 1.54) is 0 Å². The van der Waals surface area contributed by atoms with Gasteiger partial charge < -0.3 is 9.64 Å². The van der Waals surface area contributed by atoms with Gasteiger partial charge in [-0.05, 0) is 22.6 Å². The van der Waals surface area contributed by atoms with Crippen LogP contribution < -0.4 is 4.90 Å². The Labute approximate surface area is 144 Å². The van der Waals surface area contributed by atoms with E-state index in [2.05, 4.69) is 52.6 Å². The second-order valence-electron chi connectivity index (χ2n) is 7.00. The molecule has 7 nitrogen and oxygen atoms in total. The number of hydrogen-bond donors (Lipinski definition) is 0. The summed E-state index contributed by atoms with van der Waals surface area (Å²) in [5, 5.41) is 14.8. The van der Waals surface area contributed by atoms with Crippen molar-refractivity contribution in [2.45, 2.75) is 32.3 Å². The Morgan fingerprint density at radius 3 is 2.96 bits per heavy atom. The van der Waals surface area contributed by atoms with E-state index in [-0.39, 0.29) is 11.5 Å². The summed E-state index contributed by atoms with van der Waals surface area (Å²) in [5.74, 6) is 0. The lowest BCUT2D eigenvalue weighted by Gasteiger charge is -2.33. The van der Waals surface area contributed by atoms with E-state index in [1.807, 2.05) is 12.3 Å². The number of tetrazole rings is 1. The van der Waals surface area contributed by atoms with Gasteiger partial charge in [0, 0.05) is 17.3 Å². The van der Waals surface area contributed by atoms with Crippen LogP contribution in [0.2, 0.25) is 0 Å². The Bertz CT molecular complexity index is 851. The summed E-state index contributed by atoms with van der Waals surface area (Å²) in [6, 6.07) is 3.98. The smallest absolute Gasteiger partial charge is 0.179 e. The first kappa shape index (κ1) is 15.5. The van der Waals surface area contributed by atoms with Crippen molar-refractivity contribution < 1.29 is 4.74 Å². The summed E-state index contributed by atoms with van der Waals surface area (Å²) in [6.45, 7) is 8.86. The van der Waals surface area contributed by atoms with Crippen LogP contribution in [-0.2, 0) is 10.2 Å². The van der Waals surface area contributed by atoms with Crippen LogP contribution in [0.1, 0.15) is 37.6 Å². The van der Waals surface area contributed by atoms with Crippen LogP contribution in [0.5, 0.6) is 0 Å². The van der Waals surface area contributed by atoms with Gasteiger partial charge in [-0.2, -0.15) is 4.52 Å². The van der Waals surface area contributed by atoms with E-state index in [0.717, 1.165) is 35.1 Å². The van der Waals surface area contributed by atoms with Gasteiger partial charge in [-0.25, -0.2) is 4.98 Å². The fourth-order valence-electron chi connectivity index (χ4n) is 2.73. The van der Waals surface area contributed by atoms with E-state index in [4.69, 9.17) is 9.72 Å². The number of morpholine rings is 1. The fraction of sp³-hybridized carbons (Fsp3) is 0.500. The third-order valence-electron chi connectivity index (χ3n) is 4.17. The van der Waals surface area contributed by atoms with Crippen molar-refractivity contribution in [2.24, 2.45) is 0 Å². The SMILES string of the molecule is CC(C)(C)c1csc([C@H]2CN(c3ccc4nnnn4c3)CCO2)n1. The molecule has 1 fully saturated rings. The molecule has 8 heteroatoms. The molecule has 0 amide bonds. The van der Waals surface area contributed by atoms with E-state index in [9.17, 15) is 0 Å². The van der Waals surface area contributed by atoms with Crippen molar-refractivity contribution in [2.75, 3.05) is 24.6 Å². The Hall–Kier alpha value is -2.06. The van der Waals surface area contributed by atoms with Crippen molar-refractivity contribution in [3.8, 4) is 0 Å². The van der Waals surface area contributed by atoms with Crippen LogP contribution in [0, 0.1) is 0 Å². The zero-order valence-corrected chi connectivity index (χ0v) is 14.8. The van der Waals surface area contributed by atoms with Gasteiger partial charge in [0.1, 0.15) is 11.1 Å². The Kier molecular flexibility index (Phi) is 3.73. The van der Waals surface area contributed by atoms with Gasteiger partial charge in [0.05, 0.1) is 30.7 Å². The molecule has 0 spiro atoms. The molecule has 1 aliphatic rings. The monoisotopic (exact) mass is 344 g/mol. The molecular weight excluding hydrogens is 324 g/mol. The van der Waals surface area contributed by atoms with E-state index >= 15 is 0 Å². The Balaban J connectivity index is 1.56. The summed E-state index contributed by atoms with van der Waals surface area (Å²) in [6.07, 6.45) is 1.96. The second-order valence-corrected chi connectivity index (χ2v) is 7.89. The highest BCUT2D eigenvalue weighted by Gasteiger charge is 2.27. The van der Waals surface area contributed by atoms with Gasteiger partial charge in [0.25, 0.3) is 0 Å². The molecule has 126 valence electrons. The van der Waals surface area contributed by atoms with Gasteiger partial charge >= 0.3 is 0 Å². The average Bonchev–Trinajstić information content (AvgIpc) is 3.23. The molecule has 0 aromatic carbocycles. The molecule has 3 aromatic heterocycles. The number of pyridine rings is 1. The lowest BCUT2D eigenvalue weighted by Crippen LogP contribution is -2.38. The number of rotatable bonds is 2. The zero-order chi connectivity index (χ0) is 16.7. The molecule has 1 saturated heterocycles. The van der Waals surface area contributed by atoms with Crippen LogP contribution in [0.25, 0.3) is 5.65 Å². The summed E-state index contributed by atoms with van der Waals surface area (Å²) >= 11 is 1.68. The van der Waals surface area contributed by atoms with Gasteiger partial charge in [-0.1, -0.05) is 20.8 Å². The molecule has 0 aliphatic carbocycles. The van der Waals surface area contributed by atoms with Crippen molar-refractivity contribution in [1.29, 1.82) is 0 Å². The zero-order valence-electron chi connectivity index (χ0n) is 14.0. The molecule has 0 unspecified atom stereocenters. The molecule has 0 saturated carbocycles. The predicted molar refractivity (Wildman–Crippen MR) is 92.5 cm³/mol. The molecule has 1 aliphatic heterocycles. The van der Waals surface area contributed by atoms with E-state index in [1.54, 1.807) is 15.9 Å². The minimum atomic E-state index is 0.00409. The number of thiazole rings is 1. The number of aromatic nitrogens is 5. The van der Waals surface area contributed by atoms with Gasteiger partial charge in [0.15, 0.2) is 5.65 Å². The molecule has 24 heavy (non-hydrogen) atoms. The second kappa shape index (κ2) is 5.78. The molecular formula is C16H20N6OS. The van der Waals surface area contributed by atoms with Crippen molar-refractivity contribution in [1.82, 2.24) is 25.0 Å². The number of nitrogens with zero attached hydrogens (tertiary/aromatic N) is 6. The van der Waals surface area contributed by atoms with Crippen LogP contribution in [-0.4, -0.2) is 44.7 Å². The normalized spacial score (nSPS) is 19.1. The first-order valence-corrected chi connectivity index (χ1v) is 8.89. The first-order chi connectivity index (χ1) is 11.5. The average molecular weight is 344 g/mol. The third kappa shape index (κ3) is 2.87. The lowest BCUT2D eigenvalue weighted by molar-refractivity contribution is 0.0394. The molecule has 4 heterocycles. The standard InChI is InChI=1S/C16H20N6OS/c1-16(2,3)13-10-24-15(17-13)12-9-21(6-7-23-12)11-4-5-14-18-19-20-22(14)8-11/h4-5,8,10,12H,6-7,9H2,1-3H3/t12-/m1/s1. The van der Waals surface area contributed by atoms with E-state index < -0.39 is 0 Å². The van der Waals surface area contributed by atoms with Crippen LogP contribution in [0.3, 0.4) is 0 Å². The summed E-state index contributed by atoms with van der Waals surface area (Å²) in [7, 11) is 0. The van der Waals surface area contributed by atoms with Crippen molar-refractivity contribution >= 4 is 22.7 Å². The maximum Gasteiger partial charge on any atom is 0.179 e. The van der Waals surface area contributed by atoms with Crippen LogP contribution in [0.15, 0.2) is 23.7 Å². The van der Waals surface area contributed by atoms with Gasteiger partial charge in [-0.15, -0.1) is 16.4 Å².